The fourth-order valence-corrected chi connectivity index (χ4v) is 4.49. The Bertz CT molecular complexity index is 1530. The molecule has 4 unspecified atom stereocenters. The Hall–Kier alpha value is -4.68. The average molecular weight is 549 g/mol. The van der Waals surface area contributed by atoms with Crippen molar-refractivity contribution in [2.75, 3.05) is 6.61 Å². The maximum absolute atomic E-state index is 13.3. The van der Waals surface area contributed by atoms with Crippen molar-refractivity contribution < 1.29 is 29.4 Å². The molecule has 0 fully saturated rings. The summed E-state index contributed by atoms with van der Waals surface area (Å²) in [6.07, 6.45) is 3.45. The van der Waals surface area contributed by atoms with Crippen molar-refractivity contribution in [1.29, 1.82) is 0 Å². The van der Waals surface area contributed by atoms with Crippen LogP contribution in [-0.4, -0.2) is 74.6 Å². The van der Waals surface area contributed by atoms with E-state index in [2.05, 4.69) is 25.9 Å². The van der Waals surface area contributed by atoms with Crippen LogP contribution >= 0.6 is 0 Å². The Morgan fingerprint density at radius 2 is 1.20 bits per heavy atom. The molecule has 0 bridgehead atoms. The molecule has 4 atom stereocenters. The highest BCUT2D eigenvalue weighted by atomic mass is 16.4. The Kier molecular flexibility index (Phi) is 8.82. The van der Waals surface area contributed by atoms with Gasteiger partial charge in [0.05, 0.1) is 12.6 Å². The third-order valence-electron chi connectivity index (χ3n) is 6.67. The van der Waals surface area contributed by atoms with Gasteiger partial charge in [0, 0.05) is 47.0 Å². The second-order valence-corrected chi connectivity index (χ2v) is 9.62. The number of fused-ring (bicyclic) bond motifs is 2. The summed E-state index contributed by atoms with van der Waals surface area (Å²) < 4.78 is 0. The molecule has 4 rings (SSSR count). The van der Waals surface area contributed by atoms with Gasteiger partial charge in [-0.15, -0.1) is 0 Å². The monoisotopic (exact) mass is 548 g/mol. The summed E-state index contributed by atoms with van der Waals surface area (Å²) in [5.74, 6) is -3.47. The van der Waals surface area contributed by atoms with Gasteiger partial charge in [-0.2, -0.15) is 0 Å². The number of carboxylic acids is 1. The number of carbonyl (C=O) groups excluding carboxylic acids is 3. The number of aliphatic hydroxyl groups excluding tert-OH is 1. The molecule has 0 radical (unpaired) electrons. The third kappa shape index (κ3) is 6.47. The Morgan fingerprint density at radius 1 is 0.750 bits per heavy atom. The Labute approximate surface area is 229 Å². The number of H-pyrrole nitrogens is 2. The predicted octanol–water partition coefficient (Wildman–Crippen LogP) is 0.313. The van der Waals surface area contributed by atoms with Gasteiger partial charge in [-0.3, -0.25) is 14.4 Å². The molecule has 3 amide bonds. The molecule has 0 spiro atoms. The molecular formula is C28H32N6O6. The van der Waals surface area contributed by atoms with Gasteiger partial charge in [-0.25, -0.2) is 4.79 Å². The Morgan fingerprint density at radius 3 is 1.70 bits per heavy atom. The zero-order chi connectivity index (χ0) is 28.8. The number of aromatic nitrogens is 2. The van der Waals surface area contributed by atoms with Crippen molar-refractivity contribution in [1.82, 2.24) is 25.9 Å². The molecule has 0 aliphatic heterocycles. The van der Waals surface area contributed by atoms with Crippen LogP contribution in [0.3, 0.4) is 0 Å². The molecule has 2 aromatic heterocycles. The minimum Gasteiger partial charge on any atom is -0.480 e. The van der Waals surface area contributed by atoms with Gasteiger partial charge in [-0.05, 0) is 30.2 Å². The lowest BCUT2D eigenvalue weighted by atomic mass is 10.0. The topological polar surface area (TPSA) is 202 Å². The van der Waals surface area contributed by atoms with E-state index >= 15 is 0 Å². The molecule has 210 valence electrons. The van der Waals surface area contributed by atoms with E-state index in [1.54, 1.807) is 12.4 Å². The molecule has 2 heterocycles. The van der Waals surface area contributed by atoms with Gasteiger partial charge in [0.2, 0.25) is 17.7 Å². The molecule has 12 nitrogen and oxygen atoms in total. The van der Waals surface area contributed by atoms with Crippen LogP contribution in [0, 0.1) is 0 Å². The first-order valence-corrected chi connectivity index (χ1v) is 12.8. The smallest absolute Gasteiger partial charge is 0.326 e. The Balaban J connectivity index is 1.48. The van der Waals surface area contributed by atoms with Crippen molar-refractivity contribution in [2.45, 2.75) is 43.9 Å². The number of para-hydroxylation sites is 2. The lowest BCUT2D eigenvalue weighted by Crippen LogP contribution is -2.58. The largest absolute Gasteiger partial charge is 0.480 e. The molecule has 0 saturated carbocycles. The van der Waals surface area contributed by atoms with Crippen LogP contribution in [0.5, 0.6) is 0 Å². The number of aliphatic hydroxyl groups is 1. The van der Waals surface area contributed by atoms with E-state index in [1.807, 2.05) is 48.5 Å². The number of aromatic amines is 2. The average Bonchev–Trinajstić information content (AvgIpc) is 3.54. The van der Waals surface area contributed by atoms with Crippen LogP contribution in [0.2, 0.25) is 0 Å². The van der Waals surface area contributed by atoms with Gasteiger partial charge >= 0.3 is 5.97 Å². The van der Waals surface area contributed by atoms with Crippen LogP contribution in [0.1, 0.15) is 18.1 Å². The third-order valence-corrected chi connectivity index (χ3v) is 6.67. The zero-order valence-electron chi connectivity index (χ0n) is 21.8. The molecule has 12 heteroatoms. The van der Waals surface area contributed by atoms with Crippen LogP contribution in [0.15, 0.2) is 60.9 Å². The molecule has 2 aromatic carbocycles. The summed E-state index contributed by atoms with van der Waals surface area (Å²) in [5, 5.41) is 28.8. The van der Waals surface area contributed by atoms with Crippen LogP contribution in [0.25, 0.3) is 21.8 Å². The number of carbonyl (C=O) groups is 4. The van der Waals surface area contributed by atoms with Gasteiger partial charge < -0.3 is 41.9 Å². The molecule has 40 heavy (non-hydrogen) atoms. The number of hydrogen-bond donors (Lipinski definition) is 8. The summed E-state index contributed by atoms with van der Waals surface area (Å²) in [6, 6.07) is 9.99. The van der Waals surface area contributed by atoms with Gasteiger partial charge in [-0.1, -0.05) is 36.4 Å². The van der Waals surface area contributed by atoms with Crippen molar-refractivity contribution in [3.05, 3.63) is 72.1 Å². The number of nitrogens with two attached hydrogens (primary N) is 1. The maximum atomic E-state index is 13.3. The molecule has 4 aromatic rings. The van der Waals surface area contributed by atoms with Crippen LogP contribution < -0.4 is 21.7 Å². The maximum Gasteiger partial charge on any atom is 0.326 e. The molecular weight excluding hydrogens is 516 g/mol. The summed E-state index contributed by atoms with van der Waals surface area (Å²) in [4.78, 5) is 56.8. The van der Waals surface area contributed by atoms with E-state index in [9.17, 15) is 29.4 Å². The van der Waals surface area contributed by atoms with E-state index in [-0.39, 0.29) is 12.8 Å². The highest BCUT2D eigenvalue weighted by Crippen LogP contribution is 2.20. The zero-order valence-corrected chi connectivity index (χ0v) is 21.8. The standard InChI is InChI=1S/C28H32N6O6/c1-15(29)25(36)32-22(10-16-12-30-20-8-4-2-6-18(16)20)26(37)34-24(14-35)27(38)33-23(28(39)40)11-17-13-31-21-9-5-3-7-19(17)21/h2-9,12-13,15,22-24,30-31,35H,10-11,14,29H2,1H3,(H,32,36)(H,33,38)(H,34,37)(H,39,40). The number of hydrogen-bond acceptors (Lipinski definition) is 6. The predicted molar refractivity (Wildman–Crippen MR) is 148 cm³/mol. The number of rotatable bonds is 12. The molecule has 0 aliphatic rings. The quantitative estimate of drug-likeness (QED) is 0.124. The van der Waals surface area contributed by atoms with Gasteiger partial charge in [0.25, 0.3) is 0 Å². The normalized spacial score (nSPS) is 14.3. The number of benzene rings is 2. The molecule has 0 aliphatic carbocycles. The number of carboxylic acid groups (broad SMARTS) is 1. The number of amides is 3. The second-order valence-electron chi connectivity index (χ2n) is 9.62. The van der Waals surface area contributed by atoms with E-state index in [1.165, 1.54) is 6.92 Å². The van der Waals surface area contributed by atoms with Gasteiger partial charge in [0.15, 0.2) is 0 Å². The lowest BCUT2D eigenvalue weighted by molar-refractivity contribution is -0.142. The van der Waals surface area contributed by atoms with Crippen LogP contribution in [0.4, 0.5) is 0 Å². The van der Waals surface area contributed by atoms with E-state index < -0.39 is 54.5 Å². The first-order valence-electron chi connectivity index (χ1n) is 12.8. The first-order chi connectivity index (χ1) is 19.2. The summed E-state index contributed by atoms with van der Waals surface area (Å²) in [6.45, 7) is 0.678. The summed E-state index contributed by atoms with van der Waals surface area (Å²) in [7, 11) is 0. The van der Waals surface area contributed by atoms with Crippen molar-refractivity contribution in [3.63, 3.8) is 0 Å². The van der Waals surface area contributed by atoms with Crippen molar-refractivity contribution in [3.8, 4) is 0 Å². The highest BCUT2D eigenvalue weighted by Gasteiger charge is 2.30. The fraction of sp³-hybridized carbons (Fsp3) is 0.286. The molecule has 0 saturated heterocycles. The highest BCUT2D eigenvalue weighted by molar-refractivity contribution is 5.95. The SMILES string of the molecule is CC(N)C(=O)NC(Cc1c[nH]c2ccccc12)C(=O)NC(CO)C(=O)NC(Cc1c[nH]c2ccccc12)C(=O)O. The molecule has 9 N–H and O–H groups in total. The van der Waals surface area contributed by atoms with Crippen molar-refractivity contribution >= 4 is 45.5 Å². The second kappa shape index (κ2) is 12.5. The fourth-order valence-electron chi connectivity index (χ4n) is 4.49. The summed E-state index contributed by atoms with van der Waals surface area (Å²) >= 11 is 0. The lowest BCUT2D eigenvalue weighted by Gasteiger charge is -2.24. The number of aliphatic carboxylic acids is 1. The first kappa shape index (κ1) is 28.3. The minimum absolute atomic E-state index is 0.0230. The van der Waals surface area contributed by atoms with E-state index in [4.69, 9.17) is 5.73 Å². The minimum atomic E-state index is -1.46. The van der Waals surface area contributed by atoms with E-state index in [0.29, 0.717) is 5.56 Å². The number of nitrogens with one attached hydrogen (secondary N) is 5. The summed E-state index contributed by atoms with van der Waals surface area (Å²) in [5.41, 5.74) is 8.78. The van der Waals surface area contributed by atoms with Gasteiger partial charge in [0.1, 0.15) is 18.1 Å². The van der Waals surface area contributed by atoms with Crippen molar-refractivity contribution in [2.24, 2.45) is 5.73 Å². The van der Waals surface area contributed by atoms with E-state index in [0.717, 1.165) is 27.4 Å². The van der Waals surface area contributed by atoms with Crippen LogP contribution in [-0.2, 0) is 32.0 Å².